The highest BCUT2D eigenvalue weighted by molar-refractivity contribution is 4.68. The Morgan fingerprint density at radius 3 is 2.67 bits per heavy atom. The molecular formula is C13H27NO. The molecule has 1 atom stereocenters. The van der Waals surface area contributed by atoms with Crippen LogP contribution in [0.5, 0.6) is 0 Å². The number of hydrogen-bond donors (Lipinski definition) is 1. The summed E-state index contributed by atoms with van der Waals surface area (Å²) in [5, 5.41) is 3.41. The molecule has 90 valence electrons. The predicted octanol–water partition coefficient (Wildman–Crippen LogP) is 2.99. The molecule has 2 nitrogen and oxygen atoms in total. The maximum Gasteiger partial charge on any atom is 0.0722 e. The smallest absolute Gasteiger partial charge is 0.0722 e. The van der Waals surface area contributed by atoms with Gasteiger partial charge in [-0.3, -0.25) is 0 Å². The first-order valence-corrected chi connectivity index (χ1v) is 6.15. The van der Waals surface area contributed by atoms with E-state index in [9.17, 15) is 0 Å². The van der Waals surface area contributed by atoms with Gasteiger partial charge in [-0.05, 0) is 31.7 Å². The van der Waals surface area contributed by atoms with Crippen LogP contribution < -0.4 is 5.32 Å². The fraction of sp³-hybridized carbons (Fsp3) is 0.846. The first-order chi connectivity index (χ1) is 7.22. The molecule has 0 radical (unpaired) electrons. The van der Waals surface area contributed by atoms with Gasteiger partial charge in [-0.2, -0.15) is 0 Å². The minimum Gasteiger partial charge on any atom is -0.377 e. The van der Waals surface area contributed by atoms with Crippen LogP contribution in [-0.4, -0.2) is 25.8 Å². The normalized spacial score (nSPS) is 13.1. The summed E-state index contributed by atoms with van der Waals surface area (Å²) in [5.41, 5.74) is 0. The van der Waals surface area contributed by atoms with Crippen LogP contribution in [0.15, 0.2) is 12.7 Å². The second-order valence-electron chi connectivity index (χ2n) is 4.29. The lowest BCUT2D eigenvalue weighted by molar-refractivity contribution is 0.0221. The van der Waals surface area contributed by atoms with Gasteiger partial charge in [0.1, 0.15) is 0 Å². The minimum atomic E-state index is 0.348. The van der Waals surface area contributed by atoms with Gasteiger partial charge in [-0.25, -0.2) is 0 Å². The van der Waals surface area contributed by atoms with Crippen molar-refractivity contribution in [3.05, 3.63) is 12.7 Å². The van der Waals surface area contributed by atoms with Crippen LogP contribution in [0.3, 0.4) is 0 Å². The van der Waals surface area contributed by atoms with Crippen LogP contribution in [-0.2, 0) is 4.74 Å². The van der Waals surface area contributed by atoms with Crippen LogP contribution in [0.1, 0.15) is 40.0 Å². The molecule has 0 bridgehead atoms. The molecule has 0 heterocycles. The highest BCUT2D eigenvalue weighted by Crippen LogP contribution is 2.06. The summed E-state index contributed by atoms with van der Waals surface area (Å²) in [4.78, 5) is 0. The van der Waals surface area contributed by atoms with Gasteiger partial charge in [-0.15, -0.1) is 6.58 Å². The molecule has 0 aromatic carbocycles. The zero-order valence-electron chi connectivity index (χ0n) is 10.6. The molecule has 0 amide bonds. The van der Waals surface area contributed by atoms with Crippen molar-refractivity contribution >= 4 is 0 Å². The Hall–Kier alpha value is -0.340. The first kappa shape index (κ1) is 14.7. The molecule has 0 spiro atoms. The minimum absolute atomic E-state index is 0.348. The summed E-state index contributed by atoms with van der Waals surface area (Å²) in [6, 6.07) is 0. The van der Waals surface area contributed by atoms with Gasteiger partial charge in [0, 0.05) is 13.2 Å². The van der Waals surface area contributed by atoms with Crippen LogP contribution in [0, 0.1) is 5.92 Å². The maximum absolute atomic E-state index is 5.84. The van der Waals surface area contributed by atoms with Crippen LogP contribution in [0.2, 0.25) is 0 Å². The van der Waals surface area contributed by atoms with E-state index in [1.165, 1.54) is 6.42 Å². The monoisotopic (exact) mass is 213 g/mol. The Morgan fingerprint density at radius 1 is 1.40 bits per heavy atom. The molecule has 0 aromatic heterocycles. The van der Waals surface area contributed by atoms with E-state index < -0.39 is 0 Å². The first-order valence-electron chi connectivity index (χ1n) is 6.15. The van der Waals surface area contributed by atoms with Crippen molar-refractivity contribution in [2.24, 2.45) is 5.92 Å². The van der Waals surface area contributed by atoms with E-state index in [1.807, 2.05) is 6.08 Å². The Morgan fingerprint density at radius 2 is 2.13 bits per heavy atom. The van der Waals surface area contributed by atoms with Crippen LogP contribution in [0.25, 0.3) is 0 Å². The average Bonchev–Trinajstić information content (AvgIpc) is 2.21. The van der Waals surface area contributed by atoms with Crippen molar-refractivity contribution in [1.29, 1.82) is 0 Å². The van der Waals surface area contributed by atoms with Crippen molar-refractivity contribution < 1.29 is 4.74 Å². The third-order valence-electron chi connectivity index (χ3n) is 2.40. The van der Waals surface area contributed by atoms with Crippen LogP contribution >= 0.6 is 0 Å². The zero-order valence-corrected chi connectivity index (χ0v) is 10.6. The number of unbranched alkanes of at least 4 members (excludes halogenated alkanes) is 1. The molecule has 0 saturated carbocycles. The van der Waals surface area contributed by atoms with Gasteiger partial charge in [0.15, 0.2) is 0 Å². The third-order valence-corrected chi connectivity index (χ3v) is 2.40. The van der Waals surface area contributed by atoms with E-state index in [1.54, 1.807) is 0 Å². The number of rotatable bonds is 10. The fourth-order valence-corrected chi connectivity index (χ4v) is 1.37. The Balaban J connectivity index is 3.58. The van der Waals surface area contributed by atoms with Crippen LogP contribution in [0.4, 0.5) is 0 Å². The predicted molar refractivity (Wildman–Crippen MR) is 67.2 cm³/mol. The van der Waals surface area contributed by atoms with Gasteiger partial charge in [-0.1, -0.05) is 26.8 Å². The Bertz CT molecular complexity index is 145. The van der Waals surface area contributed by atoms with E-state index in [0.717, 1.165) is 32.5 Å². The lowest BCUT2D eigenvalue weighted by Gasteiger charge is -2.21. The van der Waals surface area contributed by atoms with Crippen molar-refractivity contribution in [2.45, 2.75) is 46.1 Å². The SMILES string of the molecule is C=CCCCOC(CNCCC)C(C)C. The Kier molecular flexibility index (Phi) is 9.96. The van der Waals surface area contributed by atoms with Crippen molar-refractivity contribution in [3.63, 3.8) is 0 Å². The second kappa shape index (κ2) is 10.2. The van der Waals surface area contributed by atoms with E-state index in [4.69, 9.17) is 4.74 Å². The van der Waals surface area contributed by atoms with E-state index in [2.05, 4.69) is 32.7 Å². The average molecular weight is 213 g/mol. The summed E-state index contributed by atoms with van der Waals surface area (Å²) in [6.45, 7) is 13.2. The van der Waals surface area contributed by atoms with Gasteiger partial charge in [0.2, 0.25) is 0 Å². The molecule has 0 aromatic rings. The number of allylic oxidation sites excluding steroid dienone is 1. The lowest BCUT2D eigenvalue weighted by Crippen LogP contribution is -2.33. The van der Waals surface area contributed by atoms with Crippen molar-refractivity contribution in [2.75, 3.05) is 19.7 Å². The molecule has 0 aliphatic heterocycles. The molecule has 0 aliphatic carbocycles. The fourth-order valence-electron chi connectivity index (χ4n) is 1.37. The van der Waals surface area contributed by atoms with Crippen molar-refractivity contribution in [1.82, 2.24) is 5.32 Å². The molecule has 0 rings (SSSR count). The standard InChI is InChI=1S/C13H27NO/c1-5-7-8-10-15-13(12(3)4)11-14-9-6-2/h5,12-14H,1,6-11H2,2-4H3. The highest BCUT2D eigenvalue weighted by Gasteiger charge is 2.12. The van der Waals surface area contributed by atoms with Gasteiger partial charge < -0.3 is 10.1 Å². The van der Waals surface area contributed by atoms with E-state index in [0.29, 0.717) is 12.0 Å². The van der Waals surface area contributed by atoms with Gasteiger partial charge in [0.25, 0.3) is 0 Å². The summed E-state index contributed by atoms with van der Waals surface area (Å²) >= 11 is 0. The number of ether oxygens (including phenoxy) is 1. The quantitative estimate of drug-likeness (QED) is 0.445. The number of hydrogen-bond acceptors (Lipinski definition) is 2. The van der Waals surface area contributed by atoms with Crippen molar-refractivity contribution in [3.8, 4) is 0 Å². The Labute approximate surface area is 95.1 Å². The third kappa shape index (κ3) is 8.64. The second-order valence-corrected chi connectivity index (χ2v) is 4.29. The molecule has 0 saturated heterocycles. The summed E-state index contributed by atoms with van der Waals surface area (Å²) in [6.07, 6.45) is 5.61. The molecule has 0 aliphatic rings. The van der Waals surface area contributed by atoms with Gasteiger partial charge in [0.05, 0.1) is 6.10 Å². The van der Waals surface area contributed by atoms with E-state index in [-0.39, 0.29) is 0 Å². The summed E-state index contributed by atoms with van der Waals surface area (Å²) < 4.78 is 5.84. The van der Waals surface area contributed by atoms with E-state index >= 15 is 0 Å². The number of nitrogens with one attached hydrogen (secondary N) is 1. The van der Waals surface area contributed by atoms with Gasteiger partial charge >= 0.3 is 0 Å². The topological polar surface area (TPSA) is 21.3 Å². The zero-order chi connectivity index (χ0) is 11.5. The highest BCUT2D eigenvalue weighted by atomic mass is 16.5. The maximum atomic E-state index is 5.84. The summed E-state index contributed by atoms with van der Waals surface area (Å²) in [5.74, 6) is 0.582. The molecule has 1 N–H and O–H groups in total. The molecule has 0 fully saturated rings. The summed E-state index contributed by atoms with van der Waals surface area (Å²) in [7, 11) is 0. The molecule has 15 heavy (non-hydrogen) atoms. The lowest BCUT2D eigenvalue weighted by atomic mass is 10.1. The molecule has 2 heteroatoms. The largest absolute Gasteiger partial charge is 0.377 e. The molecular weight excluding hydrogens is 186 g/mol. The molecule has 1 unspecified atom stereocenters.